The van der Waals surface area contributed by atoms with E-state index in [1.54, 1.807) is 5.06 Å². The van der Waals surface area contributed by atoms with Gasteiger partial charge in [-0.2, -0.15) is 10.0 Å². The second-order valence-corrected chi connectivity index (χ2v) is 3.81. The van der Waals surface area contributed by atoms with Gasteiger partial charge in [0.05, 0.1) is 6.20 Å². The van der Waals surface area contributed by atoms with Crippen molar-refractivity contribution in [2.24, 2.45) is 0 Å². The van der Waals surface area contributed by atoms with E-state index in [0.29, 0.717) is 13.1 Å². The molecule has 1 saturated heterocycles. The third-order valence-corrected chi connectivity index (χ3v) is 2.61. The van der Waals surface area contributed by atoms with Crippen LogP contribution in [0.25, 0.3) is 0 Å². The molecule has 0 saturated carbocycles. The van der Waals surface area contributed by atoms with Crippen molar-refractivity contribution in [1.82, 2.24) is 15.4 Å². The monoisotopic (exact) mass is 233 g/mol. The first-order chi connectivity index (χ1) is 7.34. The summed E-state index contributed by atoms with van der Waals surface area (Å²) in [7, 11) is -2.62. The Labute approximate surface area is 87.3 Å². The highest BCUT2D eigenvalue weighted by atomic mass is 31.1. The molecule has 2 rings (SSSR count). The number of aromatic nitrogens is 1. The highest BCUT2D eigenvalue weighted by molar-refractivity contribution is 7.33. The first kappa shape index (κ1) is 10.6. The van der Waals surface area contributed by atoms with Gasteiger partial charge in [-0.25, -0.2) is 9.19 Å². The van der Waals surface area contributed by atoms with Crippen LogP contribution in [0.1, 0.15) is 0 Å². The lowest BCUT2D eigenvalue weighted by molar-refractivity contribution is -0.0675. The molecule has 0 amide bonds. The van der Waals surface area contributed by atoms with E-state index in [-0.39, 0.29) is 6.08 Å². The molecular weight excluding hydrogens is 221 g/mol. The number of hydroxylamine groups is 2. The van der Waals surface area contributed by atoms with Gasteiger partial charge in [0.1, 0.15) is 6.26 Å². The smallest absolute Gasteiger partial charge is 0.399 e. The van der Waals surface area contributed by atoms with Crippen molar-refractivity contribution in [3.05, 3.63) is 12.5 Å². The SMILES string of the molecule is O=[PH](Oc1ncco1)ON1CCNCC1. The number of rotatable bonds is 4. The van der Waals surface area contributed by atoms with Gasteiger partial charge in [0.2, 0.25) is 0 Å². The van der Waals surface area contributed by atoms with Gasteiger partial charge in [-0.1, -0.05) is 0 Å². The summed E-state index contributed by atoms with van der Waals surface area (Å²) in [6.07, 6.45) is 2.72. The third-order valence-electron chi connectivity index (χ3n) is 1.86. The van der Waals surface area contributed by atoms with Gasteiger partial charge in [-0.15, -0.1) is 0 Å². The number of nitrogens with one attached hydrogen (secondary N) is 1. The highest BCUT2D eigenvalue weighted by Gasteiger charge is 2.15. The molecule has 0 radical (unpaired) electrons. The Bertz CT molecular complexity index is 312. The fourth-order valence-electron chi connectivity index (χ4n) is 1.19. The zero-order chi connectivity index (χ0) is 10.5. The molecule has 1 aromatic rings. The van der Waals surface area contributed by atoms with Crippen LogP contribution in [-0.4, -0.2) is 36.2 Å². The highest BCUT2D eigenvalue weighted by Crippen LogP contribution is 2.27. The van der Waals surface area contributed by atoms with E-state index < -0.39 is 8.25 Å². The van der Waals surface area contributed by atoms with Crippen LogP contribution in [0.3, 0.4) is 0 Å². The van der Waals surface area contributed by atoms with Gasteiger partial charge in [-0.3, -0.25) is 0 Å². The Morgan fingerprint density at radius 1 is 1.53 bits per heavy atom. The fourth-order valence-corrected chi connectivity index (χ4v) is 1.87. The Hall–Kier alpha value is -0.880. The first-order valence-corrected chi connectivity index (χ1v) is 5.82. The minimum absolute atomic E-state index is 0.0333. The maximum absolute atomic E-state index is 11.4. The van der Waals surface area contributed by atoms with Crippen molar-refractivity contribution in [1.29, 1.82) is 0 Å². The summed E-state index contributed by atoms with van der Waals surface area (Å²) in [5.41, 5.74) is 0. The second-order valence-electron chi connectivity index (χ2n) is 2.92. The van der Waals surface area contributed by atoms with Gasteiger partial charge in [-0.05, 0) is 0 Å². The van der Waals surface area contributed by atoms with Gasteiger partial charge in [0.25, 0.3) is 0 Å². The van der Waals surface area contributed by atoms with Crippen LogP contribution in [0.4, 0.5) is 0 Å². The zero-order valence-electron chi connectivity index (χ0n) is 8.01. The van der Waals surface area contributed by atoms with E-state index in [2.05, 4.69) is 10.3 Å². The maximum atomic E-state index is 11.4. The summed E-state index contributed by atoms with van der Waals surface area (Å²) in [4.78, 5) is 3.68. The minimum atomic E-state index is -2.62. The third kappa shape index (κ3) is 3.32. The van der Waals surface area contributed by atoms with E-state index >= 15 is 0 Å². The number of nitrogens with zero attached hydrogens (tertiary/aromatic N) is 2. The van der Waals surface area contributed by atoms with Crippen molar-refractivity contribution in [2.75, 3.05) is 26.2 Å². The molecule has 2 heterocycles. The van der Waals surface area contributed by atoms with Crippen molar-refractivity contribution >= 4 is 8.25 Å². The lowest BCUT2D eigenvalue weighted by atomic mass is 10.4. The molecule has 0 spiro atoms. The maximum Gasteiger partial charge on any atom is 0.399 e. The summed E-state index contributed by atoms with van der Waals surface area (Å²) < 4.78 is 26.1. The average molecular weight is 233 g/mol. The van der Waals surface area contributed by atoms with E-state index in [1.165, 1.54) is 12.5 Å². The topological polar surface area (TPSA) is 76.8 Å². The molecule has 1 atom stereocenters. The van der Waals surface area contributed by atoms with Crippen molar-refractivity contribution in [3.63, 3.8) is 0 Å². The van der Waals surface area contributed by atoms with Crippen LogP contribution in [0.15, 0.2) is 16.9 Å². The van der Waals surface area contributed by atoms with E-state index in [9.17, 15) is 4.57 Å². The lowest BCUT2D eigenvalue weighted by Gasteiger charge is -2.24. The Balaban J connectivity index is 1.76. The largest absolute Gasteiger partial charge is 0.417 e. The van der Waals surface area contributed by atoms with Crippen LogP contribution in [0.5, 0.6) is 6.08 Å². The molecule has 0 aliphatic carbocycles. The van der Waals surface area contributed by atoms with Crippen molar-refractivity contribution in [2.45, 2.75) is 0 Å². The molecule has 1 aromatic heterocycles. The second kappa shape index (κ2) is 5.27. The standard InChI is InChI=1S/C7H12N3O4P/c11-15(13-7-9-3-6-12-7)14-10-4-1-8-2-5-10/h3,6,8,15H,1-2,4-5H2. The minimum Gasteiger partial charge on any atom is -0.417 e. The Kier molecular flexibility index (Phi) is 3.74. The molecule has 0 bridgehead atoms. The van der Waals surface area contributed by atoms with Gasteiger partial charge >= 0.3 is 14.3 Å². The summed E-state index contributed by atoms with van der Waals surface area (Å²) in [6.45, 7) is 3.00. The summed E-state index contributed by atoms with van der Waals surface area (Å²) in [5, 5.41) is 4.76. The normalized spacial score (nSPS) is 20.0. The predicted molar refractivity (Wildman–Crippen MR) is 51.7 cm³/mol. The van der Waals surface area contributed by atoms with Gasteiger partial charge in [0.15, 0.2) is 0 Å². The molecule has 1 N–H and O–H groups in total. The number of hydrogen-bond donors (Lipinski definition) is 1. The molecule has 8 heteroatoms. The summed E-state index contributed by atoms with van der Waals surface area (Å²) in [6, 6.07) is 0. The van der Waals surface area contributed by atoms with Crippen LogP contribution >= 0.6 is 8.25 Å². The Morgan fingerprint density at radius 3 is 3.00 bits per heavy atom. The van der Waals surface area contributed by atoms with Crippen molar-refractivity contribution < 1.29 is 18.1 Å². The summed E-state index contributed by atoms with van der Waals surface area (Å²) >= 11 is 0. The molecule has 0 aromatic carbocycles. The zero-order valence-corrected chi connectivity index (χ0v) is 9.01. The van der Waals surface area contributed by atoms with Crippen LogP contribution in [0.2, 0.25) is 0 Å². The van der Waals surface area contributed by atoms with Gasteiger partial charge in [0, 0.05) is 26.2 Å². The molecule has 84 valence electrons. The van der Waals surface area contributed by atoms with Crippen LogP contribution in [-0.2, 0) is 9.19 Å². The van der Waals surface area contributed by atoms with E-state index in [4.69, 9.17) is 13.6 Å². The van der Waals surface area contributed by atoms with E-state index in [0.717, 1.165) is 13.1 Å². The fraction of sp³-hybridized carbons (Fsp3) is 0.571. The number of piperazine rings is 1. The Morgan fingerprint density at radius 2 is 2.33 bits per heavy atom. The molecule has 7 nitrogen and oxygen atoms in total. The van der Waals surface area contributed by atoms with Crippen molar-refractivity contribution in [3.8, 4) is 6.08 Å². The molecule has 1 fully saturated rings. The number of hydrogen-bond acceptors (Lipinski definition) is 7. The van der Waals surface area contributed by atoms with E-state index in [1.807, 2.05) is 0 Å². The molecule has 1 aliphatic rings. The van der Waals surface area contributed by atoms with Crippen LogP contribution < -0.4 is 9.84 Å². The first-order valence-electron chi connectivity index (χ1n) is 4.59. The molecule has 1 unspecified atom stereocenters. The average Bonchev–Trinajstić information content (AvgIpc) is 2.71. The molecular formula is C7H12N3O4P. The molecule has 15 heavy (non-hydrogen) atoms. The lowest BCUT2D eigenvalue weighted by Crippen LogP contribution is -2.42. The quantitative estimate of drug-likeness (QED) is 0.748. The number of oxazole rings is 1. The molecule has 1 aliphatic heterocycles. The summed E-state index contributed by atoms with van der Waals surface area (Å²) in [5.74, 6) is 0. The van der Waals surface area contributed by atoms with Crippen LogP contribution in [0, 0.1) is 0 Å². The van der Waals surface area contributed by atoms with Gasteiger partial charge < -0.3 is 14.3 Å². The predicted octanol–water partition coefficient (Wildman–Crippen LogP) is 0.280.